The van der Waals surface area contributed by atoms with Crippen molar-refractivity contribution in [3.63, 3.8) is 0 Å². The molecule has 2 atom stereocenters. The predicted molar refractivity (Wildman–Crippen MR) is 80.6 cm³/mol. The van der Waals surface area contributed by atoms with Crippen LogP contribution in [0, 0.1) is 5.41 Å². The van der Waals surface area contributed by atoms with Gasteiger partial charge in [-0.3, -0.25) is 4.79 Å². The molecule has 0 radical (unpaired) electrons. The third-order valence-corrected chi connectivity index (χ3v) is 4.98. The Kier molecular flexibility index (Phi) is 4.19. The second-order valence-corrected chi connectivity index (χ2v) is 6.66. The summed E-state index contributed by atoms with van der Waals surface area (Å²) < 4.78 is 0. The standard InChI is InChI=1S/C17H25NO2/c1-16(2,18)17(12-15(19)20)11-7-6-10-14(17)13-8-4-3-5-9-13/h3-5,8-9,14H,6-7,10-12,18H2,1-2H3,(H,19,20). The van der Waals surface area contributed by atoms with Crippen LogP contribution in [-0.4, -0.2) is 16.6 Å². The van der Waals surface area contributed by atoms with E-state index in [1.54, 1.807) is 0 Å². The van der Waals surface area contributed by atoms with E-state index in [0.717, 1.165) is 25.7 Å². The first-order valence-corrected chi connectivity index (χ1v) is 7.42. The minimum absolute atomic E-state index is 0.149. The largest absolute Gasteiger partial charge is 0.481 e. The van der Waals surface area contributed by atoms with Crippen molar-refractivity contribution in [2.24, 2.45) is 11.1 Å². The Hall–Kier alpha value is -1.35. The molecular weight excluding hydrogens is 250 g/mol. The van der Waals surface area contributed by atoms with Gasteiger partial charge in [-0.1, -0.05) is 43.2 Å². The van der Waals surface area contributed by atoms with Gasteiger partial charge in [0.2, 0.25) is 0 Å². The summed E-state index contributed by atoms with van der Waals surface area (Å²) in [4.78, 5) is 11.4. The number of hydrogen-bond acceptors (Lipinski definition) is 2. The second kappa shape index (κ2) is 5.57. The summed E-state index contributed by atoms with van der Waals surface area (Å²) in [7, 11) is 0. The van der Waals surface area contributed by atoms with Gasteiger partial charge in [0.25, 0.3) is 0 Å². The lowest BCUT2D eigenvalue weighted by atomic mass is 9.54. The van der Waals surface area contributed by atoms with E-state index in [9.17, 15) is 9.90 Å². The van der Waals surface area contributed by atoms with Crippen molar-refractivity contribution in [1.82, 2.24) is 0 Å². The van der Waals surface area contributed by atoms with E-state index in [4.69, 9.17) is 5.73 Å². The van der Waals surface area contributed by atoms with Crippen molar-refractivity contribution < 1.29 is 9.90 Å². The SMILES string of the molecule is CC(C)(N)C1(CC(=O)O)CCCCC1c1ccccc1. The van der Waals surface area contributed by atoms with E-state index in [2.05, 4.69) is 12.1 Å². The van der Waals surface area contributed by atoms with Gasteiger partial charge in [-0.25, -0.2) is 0 Å². The molecule has 3 nitrogen and oxygen atoms in total. The summed E-state index contributed by atoms with van der Waals surface area (Å²) in [6, 6.07) is 10.3. The number of carbonyl (C=O) groups is 1. The van der Waals surface area contributed by atoms with Gasteiger partial charge >= 0.3 is 5.97 Å². The minimum atomic E-state index is -0.744. The minimum Gasteiger partial charge on any atom is -0.481 e. The van der Waals surface area contributed by atoms with Gasteiger partial charge in [0.05, 0.1) is 6.42 Å². The molecule has 20 heavy (non-hydrogen) atoms. The maximum atomic E-state index is 11.4. The lowest BCUT2D eigenvalue weighted by molar-refractivity contribution is -0.142. The zero-order valence-corrected chi connectivity index (χ0v) is 12.4. The van der Waals surface area contributed by atoms with Crippen LogP contribution in [-0.2, 0) is 4.79 Å². The van der Waals surface area contributed by atoms with Gasteiger partial charge in [0.1, 0.15) is 0 Å². The van der Waals surface area contributed by atoms with Gasteiger partial charge in [-0.2, -0.15) is 0 Å². The molecule has 110 valence electrons. The molecule has 0 amide bonds. The number of carboxylic acid groups (broad SMARTS) is 1. The molecule has 0 saturated heterocycles. The lowest BCUT2D eigenvalue weighted by Gasteiger charge is -2.52. The fourth-order valence-electron chi connectivity index (χ4n) is 3.89. The molecule has 0 bridgehead atoms. The topological polar surface area (TPSA) is 63.3 Å². The molecule has 3 N–H and O–H groups in total. The zero-order valence-electron chi connectivity index (χ0n) is 12.4. The number of carboxylic acids is 1. The molecule has 1 aliphatic carbocycles. The lowest BCUT2D eigenvalue weighted by Crippen LogP contribution is -2.56. The molecule has 1 aromatic rings. The highest BCUT2D eigenvalue weighted by atomic mass is 16.4. The van der Waals surface area contributed by atoms with Gasteiger partial charge in [0.15, 0.2) is 0 Å². The Balaban J connectivity index is 2.47. The van der Waals surface area contributed by atoms with Crippen molar-refractivity contribution >= 4 is 5.97 Å². The smallest absolute Gasteiger partial charge is 0.304 e. The normalized spacial score (nSPS) is 27.2. The average Bonchev–Trinajstić information content (AvgIpc) is 2.38. The summed E-state index contributed by atoms with van der Waals surface area (Å²) in [6.45, 7) is 3.97. The van der Waals surface area contributed by atoms with Crippen molar-refractivity contribution in [2.75, 3.05) is 0 Å². The second-order valence-electron chi connectivity index (χ2n) is 6.66. The first-order chi connectivity index (χ1) is 9.37. The Morgan fingerprint density at radius 2 is 2.00 bits per heavy atom. The maximum Gasteiger partial charge on any atom is 0.304 e. The highest BCUT2D eigenvalue weighted by Gasteiger charge is 2.51. The highest BCUT2D eigenvalue weighted by molar-refractivity contribution is 5.68. The number of rotatable bonds is 4. The van der Waals surface area contributed by atoms with Crippen LogP contribution in [0.1, 0.15) is 57.4 Å². The summed E-state index contributed by atoms with van der Waals surface area (Å²) in [5.74, 6) is -0.514. The predicted octanol–water partition coefficient (Wildman–Crippen LogP) is 3.54. The third kappa shape index (κ3) is 2.73. The molecule has 3 heteroatoms. The molecular formula is C17H25NO2. The first kappa shape index (κ1) is 15.0. The van der Waals surface area contributed by atoms with Crippen LogP contribution in [0.25, 0.3) is 0 Å². The van der Waals surface area contributed by atoms with Crippen LogP contribution < -0.4 is 5.73 Å². The van der Waals surface area contributed by atoms with Crippen LogP contribution in [0.4, 0.5) is 0 Å². The van der Waals surface area contributed by atoms with E-state index >= 15 is 0 Å². The van der Waals surface area contributed by atoms with Gasteiger partial charge in [-0.15, -0.1) is 0 Å². The van der Waals surface area contributed by atoms with E-state index < -0.39 is 11.5 Å². The third-order valence-electron chi connectivity index (χ3n) is 4.98. The Morgan fingerprint density at radius 3 is 2.55 bits per heavy atom. The Bertz CT molecular complexity index is 464. The summed E-state index contributed by atoms with van der Waals surface area (Å²) in [5.41, 5.74) is 6.82. The monoisotopic (exact) mass is 275 g/mol. The molecule has 1 fully saturated rings. The average molecular weight is 275 g/mol. The Morgan fingerprint density at radius 1 is 1.35 bits per heavy atom. The zero-order chi connectivity index (χ0) is 14.8. The van der Waals surface area contributed by atoms with Gasteiger partial charge in [0, 0.05) is 11.0 Å². The fraction of sp³-hybridized carbons (Fsp3) is 0.588. The van der Waals surface area contributed by atoms with Crippen LogP contribution >= 0.6 is 0 Å². The summed E-state index contributed by atoms with van der Waals surface area (Å²) >= 11 is 0. The van der Waals surface area contributed by atoms with E-state index in [0.29, 0.717) is 0 Å². The molecule has 1 saturated carbocycles. The number of nitrogens with two attached hydrogens (primary N) is 1. The summed E-state index contributed by atoms with van der Waals surface area (Å²) in [5, 5.41) is 9.40. The molecule has 2 rings (SSSR count). The number of benzene rings is 1. The molecule has 2 unspecified atom stereocenters. The van der Waals surface area contributed by atoms with Gasteiger partial charge in [-0.05, 0) is 38.2 Å². The van der Waals surface area contributed by atoms with E-state index in [-0.39, 0.29) is 17.8 Å². The summed E-state index contributed by atoms with van der Waals surface area (Å²) in [6.07, 6.45) is 4.28. The number of hydrogen-bond donors (Lipinski definition) is 2. The molecule has 1 aromatic carbocycles. The van der Waals surface area contributed by atoms with Crippen LogP contribution in [0.3, 0.4) is 0 Å². The van der Waals surface area contributed by atoms with Crippen molar-refractivity contribution in [3.8, 4) is 0 Å². The van der Waals surface area contributed by atoms with Crippen molar-refractivity contribution in [1.29, 1.82) is 0 Å². The molecule has 0 spiro atoms. The maximum absolute atomic E-state index is 11.4. The number of aliphatic carboxylic acids is 1. The molecule has 0 aromatic heterocycles. The quantitative estimate of drug-likeness (QED) is 0.883. The van der Waals surface area contributed by atoms with Crippen LogP contribution in [0.5, 0.6) is 0 Å². The van der Waals surface area contributed by atoms with Crippen molar-refractivity contribution in [2.45, 2.75) is 57.4 Å². The highest BCUT2D eigenvalue weighted by Crippen LogP contribution is 2.54. The molecule has 0 aliphatic heterocycles. The van der Waals surface area contributed by atoms with E-state index in [1.165, 1.54) is 5.56 Å². The first-order valence-electron chi connectivity index (χ1n) is 7.42. The molecule has 1 aliphatic rings. The van der Waals surface area contributed by atoms with Crippen LogP contribution in [0.2, 0.25) is 0 Å². The Labute approximate surface area is 121 Å². The van der Waals surface area contributed by atoms with E-state index in [1.807, 2.05) is 32.0 Å². The van der Waals surface area contributed by atoms with Gasteiger partial charge < -0.3 is 10.8 Å². The van der Waals surface area contributed by atoms with Crippen LogP contribution in [0.15, 0.2) is 30.3 Å². The van der Waals surface area contributed by atoms with Crippen molar-refractivity contribution in [3.05, 3.63) is 35.9 Å². The fourth-order valence-corrected chi connectivity index (χ4v) is 3.89. The molecule has 0 heterocycles.